The molecule has 1 fully saturated rings. The number of benzene rings is 1. The Morgan fingerprint density at radius 1 is 1.26 bits per heavy atom. The van der Waals surface area contributed by atoms with Crippen LogP contribution in [-0.2, 0) is 4.74 Å². The monoisotopic (exact) mass is 260 g/mol. The zero-order valence-electron chi connectivity index (χ0n) is 11.7. The van der Waals surface area contributed by atoms with Crippen molar-refractivity contribution in [1.29, 1.82) is 0 Å². The van der Waals surface area contributed by atoms with Gasteiger partial charge in [-0.25, -0.2) is 0 Å². The summed E-state index contributed by atoms with van der Waals surface area (Å²) in [7, 11) is 0. The summed E-state index contributed by atoms with van der Waals surface area (Å²) in [6.07, 6.45) is 9.20. The van der Waals surface area contributed by atoms with Gasteiger partial charge in [0.2, 0.25) is 0 Å². The summed E-state index contributed by atoms with van der Waals surface area (Å²) in [6, 6.07) is 10.2. The van der Waals surface area contributed by atoms with E-state index in [0.717, 1.165) is 19.3 Å². The van der Waals surface area contributed by atoms with Gasteiger partial charge in [0.05, 0.1) is 18.3 Å². The molecule has 0 saturated carbocycles. The molecule has 3 atom stereocenters. The SMILES string of the molecule is CCCCC[C@H]1O[C@H](/C=C/c2ccccc2)C[C@@H]1O. The van der Waals surface area contributed by atoms with Crippen molar-refractivity contribution < 1.29 is 9.84 Å². The Kier molecular flexibility index (Phi) is 5.62. The van der Waals surface area contributed by atoms with Gasteiger partial charge in [-0.15, -0.1) is 0 Å². The number of unbranched alkanes of at least 4 members (excludes halogenated alkanes) is 2. The summed E-state index contributed by atoms with van der Waals surface area (Å²) >= 11 is 0. The van der Waals surface area contributed by atoms with Gasteiger partial charge >= 0.3 is 0 Å². The fourth-order valence-electron chi connectivity index (χ4n) is 2.52. The van der Waals surface area contributed by atoms with E-state index in [4.69, 9.17) is 4.74 Å². The van der Waals surface area contributed by atoms with Crippen molar-refractivity contribution in [2.24, 2.45) is 0 Å². The van der Waals surface area contributed by atoms with E-state index >= 15 is 0 Å². The molecule has 1 N–H and O–H groups in total. The van der Waals surface area contributed by atoms with Crippen LogP contribution < -0.4 is 0 Å². The van der Waals surface area contributed by atoms with E-state index in [9.17, 15) is 5.11 Å². The normalized spacial score (nSPS) is 27.2. The highest BCUT2D eigenvalue weighted by Crippen LogP contribution is 2.25. The molecule has 104 valence electrons. The van der Waals surface area contributed by atoms with E-state index in [1.165, 1.54) is 18.4 Å². The number of aliphatic hydroxyl groups excluding tert-OH is 1. The molecule has 2 nitrogen and oxygen atoms in total. The highest BCUT2D eigenvalue weighted by Gasteiger charge is 2.31. The Morgan fingerprint density at radius 2 is 2.05 bits per heavy atom. The third-order valence-corrected chi connectivity index (χ3v) is 3.65. The van der Waals surface area contributed by atoms with E-state index in [1.807, 2.05) is 18.2 Å². The molecule has 0 radical (unpaired) electrons. The quantitative estimate of drug-likeness (QED) is 0.788. The minimum absolute atomic E-state index is 0.0250. The van der Waals surface area contributed by atoms with E-state index in [1.54, 1.807) is 0 Å². The molecule has 0 aromatic heterocycles. The Bertz CT molecular complexity index is 386. The minimum atomic E-state index is -0.303. The molecular formula is C17H24O2. The first-order chi connectivity index (χ1) is 9.29. The van der Waals surface area contributed by atoms with Gasteiger partial charge in [0.1, 0.15) is 0 Å². The van der Waals surface area contributed by atoms with Gasteiger partial charge in [0.15, 0.2) is 0 Å². The summed E-state index contributed by atoms with van der Waals surface area (Å²) in [5.41, 5.74) is 1.18. The second-order valence-corrected chi connectivity index (χ2v) is 5.28. The highest BCUT2D eigenvalue weighted by atomic mass is 16.5. The average molecular weight is 260 g/mol. The molecule has 1 aromatic carbocycles. The van der Waals surface area contributed by atoms with Gasteiger partial charge in [0, 0.05) is 6.42 Å². The molecular weight excluding hydrogens is 236 g/mol. The fraction of sp³-hybridized carbons (Fsp3) is 0.529. The van der Waals surface area contributed by atoms with Crippen LogP contribution in [0.5, 0.6) is 0 Å². The topological polar surface area (TPSA) is 29.5 Å². The van der Waals surface area contributed by atoms with Crippen molar-refractivity contribution in [3.63, 3.8) is 0 Å². The smallest absolute Gasteiger partial charge is 0.0843 e. The largest absolute Gasteiger partial charge is 0.390 e. The second-order valence-electron chi connectivity index (χ2n) is 5.28. The zero-order valence-corrected chi connectivity index (χ0v) is 11.7. The first kappa shape index (κ1) is 14.3. The van der Waals surface area contributed by atoms with Crippen LogP contribution in [0.1, 0.15) is 44.6 Å². The molecule has 0 unspecified atom stereocenters. The molecule has 1 saturated heterocycles. The second kappa shape index (κ2) is 7.46. The highest BCUT2D eigenvalue weighted by molar-refractivity contribution is 5.49. The Balaban J connectivity index is 1.82. The minimum Gasteiger partial charge on any atom is -0.390 e. The van der Waals surface area contributed by atoms with Crippen LogP contribution in [-0.4, -0.2) is 23.4 Å². The van der Waals surface area contributed by atoms with Crippen LogP contribution in [0.25, 0.3) is 6.08 Å². The molecule has 1 aromatic rings. The van der Waals surface area contributed by atoms with Gasteiger partial charge in [0.25, 0.3) is 0 Å². The molecule has 1 aliphatic rings. The molecule has 1 heterocycles. The zero-order chi connectivity index (χ0) is 13.5. The third kappa shape index (κ3) is 4.48. The van der Waals surface area contributed by atoms with Crippen molar-refractivity contribution in [3.8, 4) is 0 Å². The first-order valence-corrected chi connectivity index (χ1v) is 7.36. The number of rotatable bonds is 6. The molecule has 2 rings (SSSR count). The Hall–Kier alpha value is -1.12. The molecule has 0 amide bonds. The van der Waals surface area contributed by atoms with Crippen LogP contribution in [0.4, 0.5) is 0 Å². The molecule has 2 heteroatoms. The summed E-state index contributed by atoms with van der Waals surface area (Å²) in [5, 5.41) is 10.00. The molecule has 0 bridgehead atoms. The number of aliphatic hydroxyl groups is 1. The number of hydrogen-bond donors (Lipinski definition) is 1. The predicted octanol–water partition coefficient (Wildman–Crippen LogP) is 3.80. The third-order valence-electron chi connectivity index (χ3n) is 3.65. The summed E-state index contributed by atoms with van der Waals surface area (Å²) < 4.78 is 5.91. The predicted molar refractivity (Wildman–Crippen MR) is 78.9 cm³/mol. The van der Waals surface area contributed by atoms with Gasteiger partial charge in [-0.1, -0.05) is 68.7 Å². The number of ether oxygens (including phenoxy) is 1. The summed E-state index contributed by atoms with van der Waals surface area (Å²) in [6.45, 7) is 2.19. The molecule has 0 aliphatic carbocycles. The van der Waals surface area contributed by atoms with E-state index in [2.05, 4.69) is 31.2 Å². The fourth-order valence-corrected chi connectivity index (χ4v) is 2.52. The summed E-state index contributed by atoms with van der Waals surface area (Å²) in [4.78, 5) is 0. The maximum absolute atomic E-state index is 10.00. The van der Waals surface area contributed by atoms with Crippen LogP contribution in [0, 0.1) is 0 Å². The van der Waals surface area contributed by atoms with Crippen LogP contribution in [0.2, 0.25) is 0 Å². The van der Waals surface area contributed by atoms with Crippen molar-refractivity contribution in [2.75, 3.05) is 0 Å². The molecule has 0 spiro atoms. The Labute approximate surface area is 116 Å². The van der Waals surface area contributed by atoms with Gasteiger partial charge in [-0.05, 0) is 12.0 Å². The van der Waals surface area contributed by atoms with E-state index in [-0.39, 0.29) is 18.3 Å². The lowest BCUT2D eigenvalue weighted by atomic mass is 10.0. The maximum Gasteiger partial charge on any atom is 0.0843 e. The lowest BCUT2D eigenvalue weighted by Gasteiger charge is -2.13. The van der Waals surface area contributed by atoms with Gasteiger partial charge < -0.3 is 9.84 Å². The Morgan fingerprint density at radius 3 is 2.79 bits per heavy atom. The van der Waals surface area contributed by atoms with Gasteiger partial charge in [-0.3, -0.25) is 0 Å². The number of hydrogen-bond acceptors (Lipinski definition) is 2. The van der Waals surface area contributed by atoms with E-state index < -0.39 is 0 Å². The van der Waals surface area contributed by atoms with E-state index in [0.29, 0.717) is 0 Å². The van der Waals surface area contributed by atoms with Crippen LogP contribution >= 0.6 is 0 Å². The van der Waals surface area contributed by atoms with Crippen molar-refractivity contribution >= 4 is 6.08 Å². The van der Waals surface area contributed by atoms with Gasteiger partial charge in [-0.2, -0.15) is 0 Å². The molecule has 19 heavy (non-hydrogen) atoms. The average Bonchev–Trinajstić information content (AvgIpc) is 2.79. The maximum atomic E-state index is 10.00. The summed E-state index contributed by atoms with van der Waals surface area (Å²) in [5.74, 6) is 0. The lowest BCUT2D eigenvalue weighted by molar-refractivity contribution is 0.0180. The van der Waals surface area contributed by atoms with Crippen LogP contribution in [0.15, 0.2) is 36.4 Å². The van der Waals surface area contributed by atoms with Crippen molar-refractivity contribution in [1.82, 2.24) is 0 Å². The molecule has 1 aliphatic heterocycles. The standard InChI is InChI=1S/C17H24O2/c1-2-3-5-10-17-16(18)13-15(19-17)12-11-14-8-6-4-7-9-14/h4,6-9,11-12,15-18H,2-3,5,10,13H2,1H3/b12-11+/t15-,16+,17-/m1/s1. The first-order valence-electron chi connectivity index (χ1n) is 7.36. The van der Waals surface area contributed by atoms with Crippen molar-refractivity contribution in [3.05, 3.63) is 42.0 Å². The lowest BCUT2D eigenvalue weighted by Crippen LogP contribution is -2.20. The van der Waals surface area contributed by atoms with Crippen LogP contribution in [0.3, 0.4) is 0 Å². The van der Waals surface area contributed by atoms with Crippen molar-refractivity contribution in [2.45, 2.75) is 57.3 Å².